The van der Waals surface area contributed by atoms with E-state index in [2.05, 4.69) is 10.5 Å². The molecule has 0 fully saturated rings. The largest absolute Gasteiger partial charge is 0.489 e. The average molecular weight is 334 g/mol. The Labute approximate surface area is 145 Å². The molecule has 0 unspecified atom stereocenters. The Balaban J connectivity index is 1.58. The Morgan fingerprint density at radius 3 is 2.76 bits per heavy atom. The van der Waals surface area contributed by atoms with Crippen molar-refractivity contribution in [2.24, 2.45) is 5.10 Å². The zero-order chi connectivity index (χ0) is 17.5. The van der Waals surface area contributed by atoms with E-state index in [1.54, 1.807) is 19.2 Å². The van der Waals surface area contributed by atoms with Gasteiger partial charge in [-0.05, 0) is 36.2 Å². The molecule has 3 aromatic rings. The number of hydrogen-bond donors (Lipinski definition) is 1. The summed E-state index contributed by atoms with van der Waals surface area (Å²) in [6, 6.07) is 19.1. The predicted molar refractivity (Wildman–Crippen MR) is 95.7 cm³/mol. The van der Waals surface area contributed by atoms with Crippen LogP contribution in [0.2, 0.25) is 0 Å². The Morgan fingerprint density at radius 1 is 1.16 bits per heavy atom. The third kappa shape index (κ3) is 4.57. The molecule has 1 aromatic heterocycles. The third-order valence-corrected chi connectivity index (χ3v) is 3.59. The molecule has 0 radical (unpaired) electrons. The number of benzene rings is 2. The topological polar surface area (TPSA) is 63.8 Å². The maximum Gasteiger partial charge on any atom is 0.274 e. The van der Waals surface area contributed by atoms with E-state index < -0.39 is 0 Å². The van der Waals surface area contributed by atoms with Gasteiger partial charge in [-0.1, -0.05) is 42.5 Å². The maximum absolute atomic E-state index is 11.9. The Morgan fingerprint density at radius 2 is 2.00 bits per heavy atom. The highest BCUT2D eigenvalue weighted by atomic mass is 16.5. The Bertz CT molecular complexity index is 869. The molecule has 0 bridgehead atoms. The van der Waals surface area contributed by atoms with Gasteiger partial charge < -0.3 is 9.15 Å². The number of amides is 1. The molecule has 5 nitrogen and oxygen atoms in total. The minimum Gasteiger partial charge on any atom is -0.489 e. The van der Waals surface area contributed by atoms with Crippen molar-refractivity contribution in [2.45, 2.75) is 13.5 Å². The summed E-state index contributed by atoms with van der Waals surface area (Å²) in [5.74, 6) is 0.993. The molecule has 5 heteroatoms. The van der Waals surface area contributed by atoms with Crippen LogP contribution in [0.5, 0.6) is 5.75 Å². The van der Waals surface area contributed by atoms with Gasteiger partial charge in [0.15, 0.2) is 0 Å². The molecule has 2 aromatic carbocycles. The first-order valence-corrected chi connectivity index (χ1v) is 7.86. The molecule has 1 amide bonds. The minimum atomic E-state index is -0.306. The van der Waals surface area contributed by atoms with E-state index in [4.69, 9.17) is 9.15 Å². The van der Waals surface area contributed by atoms with E-state index in [9.17, 15) is 4.79 Å². The molecule has 3 rings (SSSR count). The first kappa shape index (κ1) is 16.5. The Hall–Kier alpha value is -3.34. The van der Waals surface area contributed by atoms with Crippen LogP contribution in [0.4, 0.5) is 0 Å². The van der Waals surface area contributed by atoms with Gasteiger partial charge in [-0.25, -0.2) is 5.43 Å². The number of furan rings is 1. The standard InChI is InChI=1S/C20H18N2O3/c1-15-19(10-11-24-15)20(23)22-21-13-17-8-5-9-18(12-17)25-14-16-6-3-2-4-7-16/h2-13H,14H2,1H3,(H,22,23)/b21-13+. The van der Waals surface area contributed by atoms with Crippen LogP contribution < -0.4 is 10.2 Å². The fraction of sp³-hybridized carbons (Fsp3) is 0.100. The first-order chi connectivity index (χ1) is 12.2. The lowest BCUT2D eigenvalue weighted by molar-refractivity contribution is 0.0953. The fourth-order valence-electron chi connectivity index (χ4n) is 2.27. The number of hydrogen-bond acceptors (Lipinski definition) is 4. The number of nitrogens with one attached hydrogen (secondary N) is 1. The molecule has 0 aliphatic heterocycles. The van der Waals surface area contributed by atoms with Gasteiger partial charge >= 0.3 is 0 Å². The maximum atomic E-state index is 11.9. The highest BCUT2D eigenvalue weighted by Crippen LogP contribution is 2.14. The molecular weight excluding hydrogens is 316 g/mol. The van der Waals surface area contributed by atoms with Crippen LogP contribution >= 0.6 is 0 Å². The summed E-state index contributed by atoms with van der Waals surface area (Å²) in [7, 11) is 0. The zero-order valence-electron chi connectivity index (χ0n) is 13.8. The van der Waals surface area contributed by atoms with E-state index in [1.807, 2.05) is 54.6 Å². The van der Waals surface area contributed by atoms with Gasteiger partial charge in [0.1, 0.15) is 18.1 Å². The number of rotatable bonds is 6. The van der Waals surface area contributed by atoms with Crippen molar-refractivity contribution in [1.29, 1.82) is 0 Å². The molecule has 1 heterocycles. The van der Waals surface area contributed by atoms with Gasteiger partial charge in [0.2, 0.25) is 0 Å². The molecule has 0 atom stereocenters. The third-order valence-electron chi connectivity index (χ3n) is 3.59. The summed E-state index contributed by atoms with van der Waals surface area (Å²) in [6.07, 6.45) is 3.05. The van der Waals surface area contributed by atoms with Crippen molar-refractivity contribution in [3.63, 3.8) is 0 Å². The van der Waals surface area contributed by atoms with Gasteiger partial charge in [-0.3, -0.25) is 4.79 Å². The van der Waals surface area contributed by atoms with Gasteiger partial charge in [-0.2, -0.15) is 5.10 Å². The molecule has 0 aliphatic rings. The summed E-state index contributed by atoms with van der Waals surface area (Å²) < 4.78 is 10.9. The predicted octanol–water partition coefficient (Wildman–Crippen LogP) is 3.93. The van der Waals surface area contributed by atoms with Crippen molar-refractivity contribution in [3.8, 4) is 5.75 Å². The van der Waals surface area contributed by atoms with Crippen LogP contribution in [0, 0.1) is 6.92 Å². The van der Waals surface area contributed by atoms with E-state index in [0.717, 1.165) is 16.9 Å². The van der Waals surface area contributed by atoms with Crippen LogP contribution in [0.25, 0.3) is 0 Å². The van der Waals surface area contributed by atoms with Crippen LogP contribution in [0.3, 0.4) is 0 Å². The summed E-state index contributed by atoms with van der Waals surface area (Å²) >= 11 is 0. The number of hydrazone groups is 1. The first-order valence-electron chi connectivity index (χ1n) is 7.86. The van der Waals surface area contributed by atoms with Crippen LogP contribution in [0.1, 0.15) is 27.2 Å². The lowest BCUT2D eigenvalue weighted by Crippen LogP contribution is -2.17. The molecule has 0 saturated heterocycles. The van der Waals surface area contributed by atoms with Crippen LogP contribution in [-0.4, -0.2) is 12.1 Å². The second kappa shape index (κ2) is 7.97. The van der Waals surface area contributed by atoms with Gasteiger partial charge in [-0.15, -0.1) is 0 Å². The fourth-order valence-corrected chi connectivity index (χ4v) is 2.27. The number of nitrogens with zero attached hydrogens (tertiary/aromatic N) is 1. The van der Waals surface area contributed by atoms with Crippen LogP contribution in [0.15, 0.2) is 76.4 Å². The molecule has 0 aliphatic carbocycles. The van der Waals surface area contributed by atoms with E-state index in [-0.39, 0.29) is 5.91 Å². The molecule has 126 valence electrons. The average Bonchev–Trinajstić information content (AvgIpc) is 3.07. The van der Waals surface area contributed by atoms with Crippen LogP contribution in [-0.2, 0) is 6.61 Å². The number of ether oxygens (including phenoxy) is 1. The summed E-state index contributed by atoms with van der Waals surface area (Å²) in [5, 5.41) is 3.98. The second-order valence-electron chi connectivity index (χ2n) is 5.44. The van der Waals surface area contributed by atoms with Crippen molar-refractivity contribution in [1.82, 2.24) is 5.43 Å². The van der Waals surface area contributed by atoms with Crippen molar-refractivity contribution in [2.75, 3.05) is 0 Å². The lowest BCUT2D eigenvalue weighted by atomic mass is 10.2. The smallest absolute Gasteiger partial charge is 0.274 e. The molecular formula is C20H18N2O3. The number of carbonyl (C=O) groups excluding carboxylic acids is 1. The van der Waals surface area contributed by atoms with Gasteiger partial charge in [0.25, 0.3) is 5.91 Å². The monoisotopic (exact) mass is 334 g/mol. The molecule has 0 saturated carbocycles. The Kier molecular flexibility index (Phi) is 5.26. The SMILES string of the molecule is Cc1occc1C(=O)N/N=C/c1cccc(OCc2ccccc2)c1. The molecule has 0 spiro atoms. The van der Waals surface area contributed by atoms with Gasteiger partial charge in [0, 0.05) is 0 Å². The minimum absolute atomic E-state index is 0.306. The zero-order valence-corrected chi connectivity index (χ0v) is 13.8. The molecule has 1 N–H and O–H groups in total. The van der Waals surface area contributed by atoms with E-state index >= 15 is 0 Å². The summed E-state index contributed by atoms with van der Waals surface area (Å²) in [4.78, 5) is 11.9. The highest BCUT2D eigenvalue weighted by Gasteiger charge is 2.09. The number of carbonyl (C=O) groups is 1. The van der Waals surface area contributed by atoms with E-state index in [0.29, 0.717) is 17.9 Å². The van der Waals surface area contributed by atoms with Crippen molar-refractivity contribution in [3.05, 3.63) is 89.4 Å². The van der Waals surface area contributed by atoms with Crippen molar-refractivity contribution < 1.29 is 13.9 Å². The number of aryl methyl sites for hydroxylation is 1. The lowest BCUT2D eigenvalue weighted by Gasteiger charge is -2.06. The summed E-state index contributed by atoms with van der Waals surface area (Å²) in [6.45, 7) is 2.23. The molecule has 25 heavy (non-hydrogen) atoms. The van der Waals surface area contributed by atoms with E-state index in [1.165, 1.54) is 6.26 Å². The van der Waals surface area contributed by atoms with Crippen molar-refractivity contribution >= 4 is 12.1 Å². The normalized spacial score (nSPS) is 10.8. The van der Waals surface area contributed by atoms with Gasteiger partial charge in [0.05, 0.1) is 18.0 Å². The quantitative estimate of drug-likeness (QED) is 0.549. The highest BCUT2D eigenvalue weighted by molar-refractivity contribution is 5.95. The second-order valence-corrected chi connectivity index (χ2v) is 5.44. The summed E-state index contributed by atoms with van der Waals surface area (Å²) in [5.41, 5.74) is 4.88.